The predicted molar refractivity (Wildman–Crippen MR) is 112 cm³/mol. The molecule has 2 aromatic carbocycles. The van der Waals surface area contributed by atoms with Crippen LogP contribution in [-0.2, 0) is 17.6 Å². The van der Waals surface area contributed by atoms with Crippen LogP contribution in [0.5, 0.6) is 0 Å². The van der Waals surface area contributed by atoms with Crippen LogP contribution < -0.4 is 5.32 Å². The summed E-state index contributed by atoms with van der Waals surface area (Å²) < 4.78 is 13.6. The first-order chi connectivity index (χ1) is 13.5. The number of rotatable bonds is 8. The molecule has 0 saturated heterocycles. The van der Waals surface area contributed by atoms with E-state index in [1.54, 1.807) is 0 Å². The Hall–Kier alpha value is -2.51. The van der Waals surface area contributed by atoms with Crippen LogP contribution in [0, 0.1) is 5.82 Å². The number of thiazole rings is 1. The highest BCUT2D eigenvalue weighted by atomic mass is 32.2. The Balaban J connectivity index is 1.49. The molecule has 0 radical (unpaired) electrons. The van der Waals surface area contributed by atoms with Crippen molar-refractivity contribution in [1.29, 1.82) is 0 Å². The van der Waals surface area contributed by atoms with Gasteiger partial charge in [0.05, 0.1) is 17.9 Å². The second kappa shape index (κ2) is 9.61. The molecule has 1 heterocycles. The minimum atomic E-state index is -0.367. The number of ketones is 1. The first-order valence-electron chi connectivity index (χ1n) is 8.78. The number of aryl methyl sites for hydroxylation is 1. The number of hydrogen-bond donors (Lipinski definition) is 1. The number of Topliss-reactive ketones (excluding diaryl/α,β-unsaturated/α-hetero) is 1. The number of carbonyl (C=O) groups excluding carboxylic acids is 2. The lowest BCUT2D eigenvalue weighted by Gasteiger charge is -2.05. The highest BCUT2D eigenvalue weighted by molar-refractivity contribution is 8.01. The maximum atomic E-state index is 12.9. The molecular formula is C21H19FN2O2S2. The van der Waals surface area contributed by atoms with Crippen molar-refractivity contribution in [2.45, 2.75) is 24.1 Å². The normalized spacial score (nSPS) is 10.6. The summed E-state index contributed by atoms with van der Waals surface area (Å²) in [5, 5.41) is 4.69. The first kappa shape index (κ1) is 20.2. The van der Waals surface area contributed by atoms with E-state index in [9.17, 15) is 14.0 Å². The van der Waals surface area contributed by atoms with Gasteiger partial charge >= 0.3 is 0 Å². The maximum absolute atomic E-state index is 12.9. The van der Waals surface area contributed by atoms with Crippen LogP contribution >= 0.6 is 23.1 Å². The number of benzene rings is 2. The Kier molecular flexibility index (Phi) is 6.95. The van der Waals surface area contributed by atoms with E-state index >= 15 is 0 Å². The Morgan fingerprint density at radius 3 is 2.50 bits per heavy atom. The molecule has 0 aliphatic rings. The zero-order valence-corrected chi connectivity index (χ0v) is 16.9. The van der Waals surface area contributed by atoms with Crippen molar-refractivity contribution in [1.82, 2.24) is 4.98 Å². The van der Waals surface area contributed by atoms with E-state index in [1.807, 2.05) is 29.6 Å². The molecule has 0 bridgehead atoms. The fourth-order valence-electron chi connectivity index (χ4n) is 2.48. The Morgan fingerprint density at radius 2 is 1.82 bits per heavy atom. The van der Waals surface area contributed by atoms with Crippen molar-refractivity contribution in [2.24, 2.45) is 0 Å². The van der Waals surface area contributed by atoms with Crippen molar-refractivity contribution < 1.29 is 14.0 Å². The van der Waals surface area contributed by atoms with Gasteiger partial charge in [-0.05, 0) is 48.4 Å². The Labute approximate surface area is 171 Å². The van der Waals surface area contributed by atoms with E-state index < -0.39 is 0 Å². The van der Waals surface area contributed by atoms with Gasteiger partial charge in [-0.25, -0.2) is 9.37 Å². The molecule has 0 aliphatic heterocycles. The number of thioether (sulfide) groups is 1. The second-order valence-corrected chi connectivity index (χ2v) is 8.18. The van der Waals surface area contributed by atoms with Gasteiger partial charge in [-0.3, -0.25) is 9.59 Å². The lowest BCUT2D eigenvalue weighted by molar-refractivity contribution is -0.115. The largest absolute Gasteiger partial charge is 0.326 e. The fraction of sp³-hybridized carbons (Fsp3) is 0.190. The van der Waals surface area contributed by atoms with Crippen molar-refractivity contribution in [3.8, 4) is 0 Å². The maximum Gasteiger partial charge on any atom is 0.230 e. The highest BCUT2D eigenvalue weighted by Gasteiger charge is 2.11. The van der Waals surface area contributed by atoms with Crippen LogP contribution in [0.15, 0.2) is 58.3 Å². The van der Waals surface area contributed by atoms with Crippen LogP contribution in [0.3, 0.4) is 0 Å². The minimum absolute atomic E-state index is 0.0879. The van der Waals surface area contributed by atoms with Gasteiger partial charge in [-0.2, -0.15) is 0 Å². The number of anilines is 1. The smallest absolute Gasteiger partial charge is 0.230 e. The number of halogens is 1. The van der Waals surface area contributed by atoms with Crippen molar-refractivity contribution in [3.63, 3.8) is 0 Å². The molecule has 144 valence electrons. The van der Waals surface area contributed by atoms with E-state index in [0.29, 0.717) is 11.3 Å². The summed E-state index contributed by atoms with van der Waals surface area (Å²) in [5.74, 6) is -0.369. The lowest BCUT2D eigenvalue weighted by Crippen LogP contribution is -2.14. The van der Waals surface area contributed by atoms with Crippen LogP contribution in [0.1, 0.15) is 28.5 Å². The first-order valence-corrected chi connectivity index (χ1v) is 10.6. The Bertz CT molecular complexity index is 953. The lowest BCUT2D eigenvalue weighted by atomic mass is 10.1. The van der Waals surface area contributed by atoms with Crippen LogP contribution in [0.25, 0.3) is 0 Å². The van der Waals surface area contributed by atoms with Gasteiger partial charge in [-0.1, -0.05) is 30.8 Å². The van der Waals surface area contributed by atoms with Crippen LogP contribution in [-0.4, -0.2) is 22.4 Å². The summed E-state index contributed by atoms with van der Waals surface area (Å²) in [5.41, 5.74) is 3.12. The number of carbonyl (C=O) groups is 2. The van der Waals surface area contributed by atoms with E-state index in [1.165, 1.54) is 52.9 Å². The molecule has 7 heteroatoms. The zero-order valence-electron chi connectivity index (χ0n) is 15.3. The predicted octanol–water partition coefficient (Wildman–Crippen LogP) is 5.00. The third-order valence-corrected chi connectivity index (χ3v) is 6.08. The summed E-state index contributed by atoms with van der Waals surface area (Å²) in [6.45, 7) is 2.08. The molecule has 28 heavy (non-hydrogen) atoms. The molecular weight excluding hydrogens is 395 g/mol. The summed E-state index contributed by atoms with van der Waals surface area (Å²) in [4.78, 5) is 28.7. The topological polar surface area (TPSA) is 59.1 Å². The Morgan fingerprint density at radius 1 is 1.11 bits per heavy atom. The van der Waals surface area contributed by atoms with Gasteiger partial charge < -0.3 is 5.32 Å². The minimum Gasteiger partial charge on any atom is -0.326 e. The molecule has 0 saturated carbocycles. The molecule has 0 unspecified atom stereocenters. The third-order valence-electron chi connectivity index (χ3n) is 4.01. The molecule has 0 atom stereocenters. The van der Waals surface area contributed by atoms with E-state index in [2.05, 4.69) is 17.2 Å². The van der Waals surface area contributed by atoms with E-state index in [0.717, 1.165) is 16.4 Å². The standard InChI is InChI=1S/C21H19FN2O2S2/c1-2-14-3-9-17(10-4-14)23-20(26)11-18-12-27-21(24-18)28-13-19(25)15-5-7-16(22)8-6-15/h3-10,12H,2,11,13H2,1H3,(H,23,26). The summed E-state index contributed by atoms with van der Waals surface area (Å²) in [7, 11) is 0. The van der Waals surface area contributed by atoms with Crippen molar-refractivity contribution in [2.75, 3.05) is 11.1 Å². The van der Waals surface area contributed by atoms with Crippen molar-refractivity contribution in [3.05, 3.63) is 76.5 Å². The molecule has 0 fully saturated rings. The van der Waals surface area contributed by atoms with Crippen LogP contribution in [0.4, 0.5) is 10.1 Å². The highest BCUT2D eigenvalue weighted by Crippen LogP contribution is 2.24. The number of nitrogens with one attached hydrogen (secondary N) is 1. The van der Waals surface area contributed by atoms with Gasteiger partial charge in [0, 0.05) is 16.6 Å². The van der Waals surface area contributed by atoms with Gasteiger partial charge in [0.1, 0.15) is 5.82 Å². The van der Waals surface area contributed by atoms with Gasteiger partial charge in [0.25, 0.3) is 0 Å². The summed E-state index contributed by atoms with van der Waals surface area (Å²) >= 11 is 2.72. The van der Waals surface area contributed by atoms with Crippen molar-refractivity contribution >= 4 is 40.5 Å². The molecule has 4 nitrogen and oxygen atoms in total. The fourth-order valence-corrected chi connectivity index (χ4v) is 4.21. The summed E-state index contributed by atoms with van der Waals surface area (Å²) in [6, 6.07) is 13.3. The van der Waals surface area contributed by atoms with Gasteiger partial charge in [0.15, 0.2) is 10.1 Å². The van der Waals surface area contributed by atoms with Gasteiger partial charge in [-0.15, -0.1) is 11.3 Å². The SMILES string of the molecule is CCc1ccc(NC(=O)Cc2csc(SCC(=O)c3ccc(F)cc3)n2)cc1. The van der Waals surface area contributed by atoms with E-state index in [4.69, 9.17) is 0 Å². The second-order valence-electron chi connectivity index (χ2n) is 6.10. The number of amides is 1. The molecule has 1 amide bonds. The monoisotopic (exact) mass is 414 g/mol. The molecule has 0 aliphatic carbocycles. The summed E-state index contributed by atoms with van der Waals surface area (Å²) in [6.07, 6.45) is 1.13. The third kappa shape index (κ3) is 5.74. The number of nitrogens with zero attached hydrogens (tertiary/aromatic N) is 1. The molecule has 1 N–H and O–H groups in total. The average Bonchev–Trinajstić information content (AvgIpc) is 3.14. The molecule has 0 spiro atoms. The van der Waals surface area contributed by atoms with Crippen LogP contribution in [0.2, 0.25) is 0 Å². The number of aromatic nitrogens is 1. The number of hydrogen-bond acceptors (Lipinski definition) is 5. The zero-order chi connectivity index (χ0) is 19.9. The van der Waals surface area contributed by atoms with E-state index in [-0.39, 0.29) is 29.7 Å². The molecule has 3 aromatic rings. The molecule has 1 aromatic heterocycles. The average molecular weight is 415 g/mol. The quantitative estimate of drug-likeness (QED) is 0.416. The molecule has 3 rings (SSSR count). The van der Waals surface area contributed by atoms with Gasteiger partial charge in [0.2, 0.25) is 5.91 Å².